The first kappa shape index (κ1) is 21.9. The lowest BCUT2D eigenvalue weighted by Gasteiger charge is -2.21. The number of alkyl halides is 2. The normalized spacial score (nSPS) is 11.7. The molecule has 0 amide bonds. The van der Waals surface area contributed by atoms with Gasteiger partial charge in [-0.1, -0.05) is 5.21 Å². The minimum absolute atomic E-state index is 0.0504. The van der Waals surface area contributed by atoms with Crippen molar-refractivity contribution in [1.29, 1.82) is 5.26 Å². The van der Waals surface area contributed by atoms with Gasteiger partial charge < -0.3 is 0 Å². The molecule has 0 bridgehead atoms. The number of rotatable bonds is 4. The number of halogens is 4. The highest BCUT2D eigenvalue weighted by atomic mass is 19.3. The van der Waals surface area contributed by atoms with Crippen LogP contribution in [0, 0.1) is 29.9 Å². The van der Waals surface area contributed by atoms with E-state index in [0.29, 0.717) is 38.4 Å². The summed E-state index contributed by atoms with van der Waals surface area (Å²) in [5.41, 5.74) is -4.45. The van der Waals surface area contributed by atoms with Gasteiger partial charge in [-0.25, -0.2) is 22.8 Å². The number of hydrogen-bond acceptors (Lipinski definition) is 6. The molecule has 168 valence electrons. The molecule has 0 radical (unpaired) electrons. The molecule has 0 unspecified atom stereocenters. The first-order valence-corrected chi connectivity index (χ1v) is 9.32. The zero-order valence-corrected chi connectivity index (χ0v) is 17.1. The van der Waals surface area contributed by atoms with Crippen LogP contribution in [0.25, 0.3) is 22.4 Å². The summed E-state index contributed by atoms with van der Waals surface area (Å²) in [6, 6.07) is 4.35. The van der Waals surface area contributed by atoms with Crippen molar-refractivity contribution in [2.24, 2.45) is 0 Å². The average Bonchev–Trinajstić information content (AvgIpc) is 3.11. The molecule has 0 saturated carbocycles. The van der Waals surface area contributed by atoms with Crippen LogP contribution in [0.1, 0.15) is 18.2 Å². The van der Waals surface area contributed by atoms with E-state index in [4.69, 9.17) is 0 Å². The van der Waals surface area contributed by atoms with E-state index in [-0.39, 0.29) is 16.7 Å². The summed E-state index contributed by atoms with van der Waals surface area (Å²) < 4.78 is 58.7. The Balaban J connectivity index is 2.24. The zero-order chi connectivity index (χ0) is 24.1. The van der Waals surface area contributed by atoms with Gasteiger partial charge in [0.2, 0.25) is 0 Å². The second-order valence-corrected chi connectivity index (χ2v) is 7.23. The molecule has 0 atom stereocenters. The summed E-state index contributed by atoms with van der Waals surface area (Å²) in [6.07, 6.45) is 2.61. The quantitative estimate of drug-likeness (QED) is 0.433. The Kier molecular flexibility index (Phi) is 5.08. The van der Waals surface area contributed by atoms with Gasteiger partial charge in [-0.15, -0.1) is 5.10 Å². The summed E-state index contributed by atoms with van der Waals surface area (Å²) in [4.78, 5) is 30.5. The third-order valence-corrected chi connectivity index (χ3v) is 4.78. The molecule has 0 fully saturated rings. The van der Waals surface area contributed by atoms with E-state index in [1.54, 1.807) is 13.0 Å². The highest BCUT2D eigenvalue weighted by Gasteiger charge is 2.37. The molecule has 0 aliphatic rings. The van der Waals surface area contributed by atoms with Gasteiger partial charge in [-0.2, -0.15) is 14.0 Å². The van der Waals surface area contributed by atoms with Crippen LogP contribution in [0.2, 0.25) is 0 Å². The van der Waals surface area contributed by atoms with E-state index < -0.39 is 46.7 Å². The van der Waals surface area contributed by atoms with Crippen molar-refractivity contribution in [2.45, 2.75) is 26.3 Å². The Morgan fingerprint density at radius 2 is 1.82 bits per heavy atom. The fourth-order valence-electron chi connectivity index (χ4n) is 3.46. The van der Waals surface area contributed by atoms with Crippen molar-refractivity contribution >= 4 is 11.0 Å². The molecule has 1 aromatic carbocycles. The van der Waals surface area contributed by atoms with Crippen molar-refractivity contribution in [3.8, 4) is 17.4 Å². The minimum Gasteiger partial charge on any atom is -0.275 e. The van der Waals surface area contributed by atoms with Crippen LogP contribution in [0.5, 0.6) is 0 Å². The lowest BCUT2D eigenvalue weighted by atomic mass is 10.2. The highest BCUT2D eigenvalue weighted by Crippen LogP contribution is 2.31. The van der Waals surface area contributed by atoms with Crippen molar-refractivity contribution < 1.29 is 17.6 Å². The number of benzene rings is 1. The van der Waals surface area contributed by atoms with E-state index in [1.165, 1.54) is 12.3 Å². The topological polar surface area (TPSA) is 111 Å². The van der Waals surface area contributed by atoms with Crippen LogP contribution >= 0.6 is 0 Å². The molecule has 0 aliphatic carbocycles. The molecule has 0 aliphatic heterocycles. The first-order chi connectivity index (χ1) is 15.5. The van der Waals surface area contributed by atoms with Gasteiger partial charge in [0.15, 0.2) is 17.3 Å². The Labute approximate surface area is 181 Å². The van der Waals surface area contributed by atoms with Crippen LogP contribution in [-0.2, 0) is 12.5 Å². The fraction of sp³-hybridized carbons (Fsp3) is 0.200. The summed E-state index contributed by atoms with van der Waals surface area (Å²) in [6.45, 7) is 1.23. The number of hydrogen-bond donors (Lipinski definition) is 0. The Morgan fingerprint density at radius 3 is 2.45 bits per heavy atom. The molecule has 0 spiro atoms. The Bertz CT molecular complexity index is 1580. The molecule has 9 nitrogen and oxygen atoms in total. The molecular weight excluding hydrogens is 446 g/mol. The molecule has 0 N–H and O–H groups in total. The van der Waals surface area contributed by atoms with Gasteiger partial charge in [0, 0.05) is 25.3 Å². The molecule has 4 rings (SSSR count). The van der Waals surface area contributed by atoms with Crippen molar-refractivity contribution in [1.82, 2.24) is 29.1 Å². The van der Waals surface area contributed by atoms with Crippen LogP contribution in [0.4, 0.5) is 17.6 Å². The SMILES string of the molecule is Cc1cncc(-n2c(=O)c(-n3nnc4cc(F)c(F)cc43)c(C(C)(F)F)n(CC#N)c2=O)c1. The fourth-order valence-corrected chi connectivity index (χ4v) is 3.46. The van der Waals surface area contributed by atoms with Gasteiger partial charge >= 0.3 is 5.69 Å². The largest absolute Gasteiger partial charge is 0.337 e. The molecular formula is C20H13F4N7O2. The second kappa shape index (κ2) is 7.66. The summed E-state index contributed by atoms with van der Waals surface area (Å²) in [5.74, 6) is -6.40. The number of nitrogens with zero attached hydrogens (tertiary/aromatic N) is 7. The third-order valence-electron chi connectivity index (χ3n) is 4.78. The van der Waals surface area contributed by atoms with E-state index in [1.807, 2.05) is 0 Å². The molecule has 3 heterocycles. The summed E-state index contributed by atoms with van der Waals surface area (Å²) in [7, 11) is 0. The number of pyridine rings is 1. The third kappa shape index (κ3) is 3.55. The Hall–Kier alpha value is -4.34. The molecule has 3 aromatic heterocycles. The number of aryl methyl sites for hydroxylation is 1. The van der Waals surface area contributed by atoms with Crippen molar-refractivity contribution in [2.75, 3.05) is 0 Å². The van der Waals surface area contributed by atoms with Crippen LogP contribution in [-0.4, -0.2) is 29.1 Å². The minimum atomic E-state index is -3.81. The van der Waals surface area contributed by atoms with Gasteiger partial charge in [-0.05, 0) is 18.6 Å². The van der Waals surface area contributed by atoms with Gasteiger partial charge in [0.25, 0.3) is 11.5 Å². The molecule has 33 heavy (non-hydrogen) atoms. The molecule has 13 heteroatoms. The standard InChI is InChI=1S/C20H13F4N7O2/c1-10-5-11(9-26-8-10)30-18(32)16(17(20(2,23)24)29(4-3-25)19(30)33)31-15-7-13(22)12(21)6-14(15)27-28-31/h5-9H,4H2,1-2H3. The van der Waals surface area contributed by atoms with Crippen LogP contribution < -0.4 is 11.2 Å². The Morgan fingerprint density at radius 1 is 1.12 bits per heavy atom. The predicted octanol–water partition coefficient (Wildman–Crippen LogP) is 2.35. The smallest absolute Gasteiger partial charge is 0.275 e. The van der Waals surface area contributed by atoms with E-state index in [0.717, 1.165) is 6.20 Å². The summed E-state index contributed by atoms with van der Waals surface area (Å²) in [5, 5.41) is 16.5. The van der Waals surface area contributed by atoms with E-state index in [2.05, 4.69) is 15.3 Å². The average molecular weight is 459 g/mol. The zero-order valence-electron chi connectivity index (χ0n) is 17.1. The number of fused-ring (bicyclic) bond motifs is 1. The number of aromatic nitrogens is 6. The van der Waals surface area contributed by atoms with Gasteiger partial charge in [-0.3, -0.25) is 14.3 Å². The maximum Gasteiger partial charge on any atom is 0.337 e. The van der Waals surface area contributed by atoms with Gasteiger partial charge in [0.05, 0.1) is 23.5 Å². The lowest BCUT2D eigenvalue weighted by Crippen LogP contribution is -2.45. The van der Waals surface area contributed by atoms with E-state index in [9.17, 15) is 32.4 Å². The molecule has 4 aromatic rings. The highest BCUT2D eigenvalue weighted by molar-refractivity contribution is 5.76. The van der Waals surface area contributed by atoms with E-state index >= 15 is 0 Å². The lowest BCUT2D eigenvalue weighted by molar-refractivity contribution is 0.00769. The number of nitriles is 1. The monoisotopic (exact) mass is 459 g/mol. The van der Waals surface area contributed by atoms with Crippen LogP contribution in [0.3, 0.4) is 0 Å². The maximum atomic E-state index is 14.8. The van der Waals surface area contributed by atoms with Crippen molar-refractivity contribution in [3.63, 3.8) is 0 Å². The summed E-state index contributed by atoms with van der Waals surface area (Å²) >= 11 is 0. The van der Waals surface area contributed by atoms with Crippen molar-refractivity contribution in [3.05, 3.63) is 74.3 Å². The first-order valence-electron chi connectivity index (χ1n) is 9.32. The van der Waals surface area contributed by atoms with Crippen LogP contribution in [0.15, 0.2) is 40.2 Å². The predicted molar refractivity (Wildman–Crippen MR) is 106 cm³/mol. The maximum absolute atomic E-state index is 14.8. The second-order valence-electron chi connectivity index (χ2n) is 7.23. The molecule has 0 saturated heterocycles. The van der Waals surface area contributed by atoms with Gasteiger partial charge in [0.1, 0.15) is 17.8 Å².